The summed E-state index contributed by atoms with van der Waals surface area (Å²) in [4.78, 5) is 12.0. The van der Waals surface area contributed by atoms with Gasteiger partial charge in [-0.15, -0.1) is 11.3 Å². The second-order valence-corrected chi connectivity index (χ2v) is 9.53. The molecular weight excluding hydrogens is 354 g/mol. The summed E-state index contributed by atoms with van der Waals surface area (Å²) < 4.78 is 23.1. The quantitative estimate of drug-likeness (QED) is 0.758. The first-order valence-corrected chi connectivity index (χ1v) is 10.9. The maximum atomic E-state index is 11.6. The highest BCUT2D eigenvalue weighted by Crippen LogP contribution is 2.39. The fourth-order valence-electron chi connectivity index (χ4n) is 3.27. The van der Waals surface area contributed by atoms with Crippen molar-refractivity contribution in [3.63, 3.8) is 0 Å². The lowest BCUT2D eigenvalue weighted by Gasteiger charge is -2.09. The van der Waals surface area contributed by atoms with Crippen LogP contribution in [0.1, 0.15) is 28.2 Å². The third-order valence-electron chi connectivity index (χ3n) is 4.49. The SMILES string of the molecule is Cc1nc(NCc2ccc(S(C)(=O)=O)cc2)c2c3c(sc2n1)CCC3. The molecule has 0 aliphatic heterocycles. The molecule has 4 rings (SSSR count). The molecule has 0 amide bonds. The predicted molar refractivity (Wildman–Crippen MR) is 101 cm³/mol. The molecule has 0 saturated carbocycles. The number of nitrogens with one attached hydrogen (secondary N) is 1. The molecular formula is C18H19N3O2S2. The van der Waals surface area contributed by atoms with Gasteiger partial charge in [0, 0.05) is 17.7 Å². The molecule has 0 fully saturated rings. The average Bonchev–Trinajstić information content (AvgIpc) is 3.12. The molecule has 5 nitrogen and oxygen atoms in total. The van der Waals surface area contributed by atoms with Crippen LogP contribution in [-0.4, -0.2) is 24.6 Å². The Labute approximate surface area is 151 Å². The predicted octanol–water partition coefficient (Wildman–Crippen LogP) is 3.50. The Hall–Kier alpha value is -1.99. The number of benzene rings is 1. The summed E-state index contributed by atoms with van der Waals surface area (Å²) in [5.74, 6) is 1.65. The van der Waals surface area contributed by atoms with Gasteiger partial charge in [-0.2, -0.15) is 0 Å². The lowest BCUT2D eigenvalue weighted by atomic mass is 10.2. The molecule has 0 spiro atoms. The van der Waals surface area contributed by atoms with E-state index < -0.39 is 9.84 Å². The molecule has 1 aliphatic carbocycles. The Bertz CT molecular complexity index is 1050. The number of hydrogen-bond acceptors (Lipinski definition) is 6. The van der Waals surface area contributed by atoms with Crippen molar-refractivity contribution in [3.8, 4) is 0 Å². The van der Waals surface area contributed by atoms with Crippen LogP contribution < -0.4 is 5.32 Å². The summed E-state index contributed by atoms with van der Waals surface area (Å²) in [6.45, 7) is 2.51. The molecule has 0 atom stereocenters. The van der Waals surface area contributed by atoms with E-state index in [1.165, 1.54) is 23.1 Å². The molecule has 0 unspecified atom stereocenters. The van der Waals surface area contributed by atoms with E-state index in [-0.39, 0.29) is 0 Å². The third-order valence-corrected chi connectivity index (χ3v) is 6.80. The van der Waals surface area contributed by atoms with Crippen molar-refractivity contribution in [2.75, 3.05) is 11.6 Å². The van der Waals surface area contributed by atoms with Gasteiger partial charge in [0.1, 0.15) is 16.5 Å². The zero-order chi connectivity index (χ0) is 17.6. The Balaban J connectivity index is 1.63. The molecule has 1 N–H and O–H groups in total. The second-order valence-electron chi connectivity index (χ2n) is 6.43. The van der Waals surface area contributed by atoms with Gasteiger partial charge < -0.3 is 5.32 Å². The van der Waals surface area contributed by atoms with E-state index in [9.17, 15) is 8.42 Å². The van der Waals surface area contributed by atoms with Crippen molar-refractivity contribution in [3.05, 3.63) is 46.1 Å². The summed E-state index contributed by atoms with van der Waals surface area (Å²) in [5, 5.41) is 4.59. The van der Waals surface area contributed by atoms with E-state index in [1.54, 1.807) is 23.5 Å². The average molecular weight is 374 g/mol. The van der Waals surface area contributed by atoms with Gasteiger partial charge in [0.2, 0.25) is 0 Å². The van der Waals surface area contributed by atoms with Crippen LogP contribution in [0.2, 0.25) is 0 Å². The Morgan fingerprint density at radius 2 is 1.92 bits per heavy atom. The van der Waals surface area contributed by atoms with Gasteiger partial charge in [-0.05, 0) is 49.4 Å². The number of nitrogens with zero attached hydrogens (tertiary/aromatic N) is 2. The number of thiophene rings is 1. The van der Waals surface area contributed by atoms with Crippen molar-refractivity contribution in [2.24, 2.45) is 0 Å². The number of hydrogen-bond donors (Lipinski definition) is 1. The van der Waals surface area contributed by atoms with Crippen LogP contribution in [-0.2, 0) is 29.2 Å². The van der Waals surface area contributed by atoms with Crippen LogP contribution in [0.4, 0.5) is 5.82 Å². The number of rotatable bonds is 4. The number of aromatic nitrogens is 2. The van der Waals surface area contributed by atoms with E-state index in [1.807, 2.05) is 19.1 Å². The lowest BCUT2D eigenvalue weighted by Crippen LogP contribution is -2.05. The molecule has 1 aromatic carbocycles. The maximum absolute atomic E-state index is 11.6. The second kappa shape index (κ2) is 6.07. The number of fused-ring (bicyclic) bond motifs is 3. The summed E-state index contributed by atoms with van der Waals surface area (Å²) >= 11 is 1.78. The molecule has 3 aromatic rings. The fourth-order valence-corrected chi connectivity index (χ4v) is 5.21. The van der Waals surface area contributed by atoms with E-state index >= 15 is 0 Å². The Morgan fingerprint density at radius 1 is 1.16 bits per heavy atom. The van der Waals surface area contributed by atoms with Gasteiger partial charge in [-0.25, -0.2) is 18.4 Å². The largest absolute Gasteiger partial charge is 0.365 e. The smallest absolute Gasteiger partial charge is 0.175 e. The van der Waals surface area contributed by atoms with Crippen LogP contribution in [0.15, 0.2) is 29.2 Å². The van der Waals surface area contributed by atoms with E-state index in [2.05, 4.69) is 15.3 Å². The van der Waals surface area contributed by atoms with Crippen LogP contribution in [0, 0.1) is 6.92 Å². The van der Waals surface area contributed by atoms with Crippen molar-refractivity contribution in [2.45, 2.75) is 37.6 Å². The van der Waals surface area contributed by atoms with E-state index in [0.717, 1.165) is 40.3 Å². The summed E-state index contributed by atoms with van der Waals surface area (Å²) in [5.41, 5.74) is 2.42. The Kier molecular flexibility index (Phi) is 4.00. The first-order valence-electron chi connectivity index (χ1n) is 8.23. The topological polar surface area (TPSA) is 72.0 Å². The molecule has 25 heavy (non-hydrogen) atoms. The first kappa shape index (κ1) is 16.5. The van der Waals surface area contributed by atoms with E-state index in [4.69, 9.17) is 0 Å². The van der Waals surface area contributed by atoms with Crippen LogP contribution in [0.25, 0.3) is 10.2 Å². The molecule has 0 radical (unpaired) electrons. The highest BCUT2D eigenvalue weighted by Gasteiger charge is 2.21. The van der Waals surface area contributed by atoms with Crippen molar-refractivity contribution >= 4 is 37.2 Å². The molecule has 2 heterocycles. The molecule has 2 aromatic heterocycles. The lowest BCUT2D eigenvalue weighted by molar-refractivity contribution is 0.602. The Morgan fingerprint density at radius 3 is 2.64 bits per heavy atom. The molecule has 130 valence electrons. The van der Waals surface area contributed by atoms with Crippen LogP contribution in [0.5, 0.6) is 0 Å². The minimum absolute atomic E-state index is 0.340. The highest BCUT2D eigenvalue weighted by molar-refractivity contribution is 7.90. The monoisotopic (exact) mass is 373 g/mol. The number of anilines is 1. The highest BCUT2D eigenvalue weighted by atomic mass is 32.2. The van der Waals surface area contributed by atoms with Crippen LogP contribution in [0.3, 0.4) is 0 Å². The molecule has 0 saturated heterocycles. The number of aryl methyl sites for hydroxylation is 3. The summed E-state index contributed by atoms with van der Waals surface area (Å²) in [6.07, 6.45) is 4.66. The number of sulfone groups is 1. The van der Waals surface area contributed by atoms with Crippen molar-refractivity contribution in [1.82, 2.24) is 9.97 Å². The van der Waals surface area contributed by atoms with Crippen LogP contribution >= 0.6 is 11.3 Å². The van der Waals surface area contributed by atoms with Crippen molar-refractivity contribution in [1.29, 1.82) is 0 Å². The summed E-state index contributed by atoms with van der Waals surface area (Å²) in [6, 6.07) is 6.98. The normalized spacial score (nSPS) is 14.0. The zero-order valence-corrected chi connectivity index (χ0v) is 15.8. The van der Waals surface area contributed by atoms with Gasteiger partial charge in [0.15, 0.2) is 9.84 Å². The molecule has 0 bridgehead atoms. The van der Waals surface area contributed by atoms with Gasteiger partial charge >= 0.3 is 0 Å². The zero-order valence-electron chi connectivity index (χ0n) is 14.2. The summed E-state index contributed by atoms with van der Waals surface area (Å²) in [7, 11) is -3.16. The fraction of sp³-hybridized carbons (Fsp3) is 0.333. The first-order chi connectivity index (χ1) is 11.9. The van der Waals surface area contributed by atoms with E-state index in [0.29, 0.717) is 11.4 Å². The maximum Gasteiger partial charge on any atom is 0.175 e. The van der Waals surface area contributed by atoms with Gasteiger partial charge in [0.25, 0.3) is 0 Å². The minimum Gasteiger partial charge on any atom is -0.365 e. The van der Waals surface area contributed by atoms with Gasteiger partial charge in [-0.3, -0.25) is 0 Å². The third kappa shape index (κ3) is 3.14. The molecule has 7 heteroatoms. The van der Waals surface area contributed by atoms with Gasteiger partial charge in [-0.1, -0.05) is 12.1 Å². The van der Waals surface area contributed by atoms with Crippen molar-refractivity contribution < 1.29 is 8.42 Å². The van der Waals surface area contributed by atoms with Gasteiger partial charge in [0.05, 0.1) is 10.3 Å². The minimum atomic E-state index is -3.16. The molecule has 1 aliphatic rings. The standard InChI is InChI=1S/C18H19N3O2S2/c1-11-20-17(16-14-4-3-5-15(14)24-18(16)21-11)19-10-12-6-8-13(9-7-12)25(2,22)23/h6-9H,3-5,10H2,1-2H3,(H,19,20,21).